The van der Waals surface area contributed by atoms with Gasteiger partial charge in [0.1, 0.15) is 0 Å². The Kier molecular flexibility index (Phi) is 4.05. The predicted octanol–water partition coefficient (Wildman–Crippen LogP) is 2.43. The van der Waals surface area contributed by atoms with Crippen molar-refractivity contribution in [1.29, 1.82) is 0 Å². The third-order valence-corrected chi connectivity index (χ3v) is 5.77. The van der Waals surface area contributed by atoms with E-state index in [4.69, 9.17) is 10.7 Å². The molecular weight excluding hydrogens is 334 g/mol. The minimum atomic E-state index is 0.0530. The second kappa shape index (κ2) is 6.24. The van der Waals surface area contributed by atoms with Crippen LogP contribution in [0.1, 0.15) is 22.5 Å². The Morgan fingerprint density at radius 3 is 3.00 bits per heavy atom. The molecule has 0 aliphatic carbocycles. The zero-order valence-corrected chi connectivity index (χ0v) is 15.2. The van der Waals surface area contributed by atoms with Gasteiger partial charge >= 0.3 is 0 Å². The second-order valence-corrected chi connectivity index (χ2v) is 7.53. The summed E-state index contributed by atoms with van der Waals surface area (Å²) in [5, 5.41) is 7.35. The number of carbonyl (C=O) groups is 1. The Morgan fingerprint density at radius 2 is 2.32 bits per heavy atom. The maximum absolute atomic E-state index is 13.2. The van der Waals surface area contributed by atoms with Crippen molar-refractivity contribution < 1.29 is 4.79 Å². The lowest BCUT2D eigenvalue weighted by atomic mass is 10.1. The topological polar surface area (TPSA) is 77.0 Å². The monoisotopic (exact) mass is 355 g/mol. The van der Waals surface area contributed by atoms with Gasteiger partial charge in [-0.2, -0.15) is 5.10 Å². The number of aryl methyl sites for hydroxylation is 2. The van der Waals surface area contributed by atoms with Crippen LogP contribution in [0.15, 0.2) is 23.6 Å². The maximum atomic E-state index is 13.2. The third kappa shape index (κ3) is 2.73. The van der Waals surface area contributed by atoms with Crippen LogP contribution < -0.4 is 5.73 Å². The Morgan fingerprint density at radius 1 is 1.48 bits per heavy atom. The molecule has 1 amide bonds. The van der Waals surface area contributed by atoms with E-state index in [1.807, 2.05) is 42.5 Å². The van der Waals surface area contributed by atoms with Crippen LogP contribution in [-0.4, -0.2) is 45.2 Å². The fourth-order valence-corrected chi connectivity index (χ4v) is 4.23. The van der Waals surface area contributed by atoms with Crippen molar-refractivity contribution in [3.63, 3.8) is 0 Å². The minimum absolute atomic E-state index is 0.0530. The van der Waals surface area contributed by atoms with E-state index in [9.17, 15) is 4.79 Å². The average Bonchev–Trinajstić information content (AvgIpc) is 3.34. The summed E-state index contributed by atoms with van der Waals surface area (Å²) in [5.74, 6) is 0.449. The van der Waals surface area contributed by atoms with Gasteiger partial charge in [0.15, 0.2) is 5.65 Å². The van der Waals surface area contributed by atoms with Gasteiger partial charge < -0.3 is 10.6 Å². The molecule has 6 nitrogen and oxygen atoms in total. The summed E-state index contributed by atoms with van der Waals surface area (Å²) in [6.07, 6.45) is 0.972. The quantitative estimate of drug-likeness (QED) is 0.783. The van der Waals surface area contributed by atoms with Crippen molar-refractivity contribution in [3.05, 3.63) is 34.8 Å². The van der Waals surface area contributed by atoms with Crippen molar-refractivity contribution in [2.45, 2.75) is 13.3 Å². The first-order valence-electron chi connectivity index (χ1n) is 8.46. The molecule has 2 N–H and O–H groups in total. The summed E-state index contributed by atoms with van der Waals surface area (Å²) < 4.78 is 1.76. The van der Waals surface area contributed by atoms with Crippen LogP contribution >= 0.6 is 11.3 Å². The molecule has 0 radical (unpaired) electrons. The number of rotatable bonds is 3. The molecule has 1 unspecified atom stereocenters. The lowest BCUT2D eigenvalue weighted by molar-refractivity contribution is 0.0789. The standard InChI is InChI=1S/C18H21N5OS/c1-11-16-13(18(24)23-6-5-12(9-19)10-23)8-14(15-4-3-7-25-15)20-17(16)22(2)21-11/h3-4,7-8,12H,5-6,9-10,19H2,1-2H3. The number of pyridine rings is 1. The highest BCUT2D eigenvalue weighted by molar-refractivity contribution is 7.13. The van der Waals surface area contributed by atoms with Gasteiger partial charge in [0.2, 0.25) is 0 Å². The number of likely N-dealkylation sites (tertiary alicyclic amines) is 1. The summed E-state index contributed by atoms with van der Waals surface area (Å²) in [7, 11) is 1.87. The molecule has 0 spiro atoms. The molecule has 0 saturated carbocycles. The lowest BCUT2D eigenvalue weighted by Crippen LogP contribution is -2.30. The van der Waals surface area contributed by atoms with E-state index in [1.54, 1.807) is 16.0 Å². The van der Waals surface area contributed by atoms with E-state index < -0.39 is 0 Å². The molecule has 1 fully saturated rings. The van der Waals surface area contributed by atoms with Crippen molar-refractivity contribution >= 4 is 28.3 Å². The maximum Gasteiger partial charge on any atom is 0.254 e. The van der Waals surface area contributed by atoms with Gasteiger partial charge in [0, 0.05) is 20.1 Å². The fourth-order valence-electron chi connectivity index (χ4n) is 3.54. The van der Waals surface area contributed by atoms with Gasteiger partial charge in [-0.25, -0.2) is 4.98 Å². The molecule has 1 saturated heterocycles. The highest BCUT2D eigenvalue weighted by Crippen LogP contribution is 2.30. The molecule has 3 aromatic heterocycles. The molecule has 1 aliphatic rings. The van der Waals surface area contributed by atoms with Gasteiger partial charge in [-0.3, -0.25) is 9.48 Å². The molecule has 1 aliphatic heterocycles. The second-order valence-electron chi connectivity index (χ2n) is 6.58. The predicted molar refractivity (Wildman–Crippen MR) is 99.6 cm³/mol. The molecular formula is C18H21N5OS. The average molecular weight is 355 g/mol. The number of carbonyl (C=O) groups excluding carboxylic acids is 1. The summed E-state index contributed by atoms with van der Waals surface area (Å²) in [6, 6.07) is 5.94. The SMILES string of the molecule is Cc1nn(C)c2nc(-c3cccs3)cc(C(=O)N3CCC(CN)C3)c12. The van der Waals surface area contributed by atoms with E-state index >= 15 is 0 Å². The summed E-state index contributed by atoms with van der Waals surface area (Å²) >= 11 is 1.62. The summed E-state index contributed by atoms with van der Waals surface area (Å²) in [6.45, 7) is 4.05. The van der Waals surface area contributed by atoms with Crippen LogP contribution in [0, 0.1) is 12.8 Å². The zero-order valence-electron chi connectivity index (χ0n) is 14.4. The molecule has 25 heavy (non-hydrogen) atoms. The Balaban J connectivity index is 1.85. The fraction of sp³-hybridized carbons (Fsp3) is 0.389. The van der Waals surface area contributed by atoms with Gasteiger partial charge in [0.25, 0.3) is 5.91 Å². The Bertz CT molecular complexity index is 931. The molecule has 4 rings (SSSR count). The number of aromatic nitrogens is 3. The zero-order chi connectivity index (χ0) is 17.6. The highest BCUT2D eigenvalue weighted by Gasteiger charge is 2.29. The normalized spacial score (nSPS) is 17.6. The molecule has 130 valence electrons. The number of nitrogens with two attached hydrogens (primary N) is 1. The number of hydrogen-bond donors (Lipinski definition) is 1. The third-order valence-electron chi connectivity index (χ3n) is 4.88. The Hall–Kier alpha value is -2.25. The van der Waals surface area contributed by atoms with Gasteiger partial charge in [-0.1, -0.05) is 6.07 Å². The first-order chi connectivity index (χ1) is 12.1. The van der Waals surface area contributed by atoms with Crippen molar-refractivity contribution in [2.75, 3.05) is 19.6 Å². The first-order valence-corrected chi connectivity index (χ1v) is 9.34. The first kappa shape index (κ1) is 16.2. The summed E-state index contributed by atoms with van der Waals surface area (Å²) in [4.78, 5) is 21.0. The van der Waals surface area contributed by atoms with Crippen LogP contribution in [0.2, 0.25) is 0 Å². The lowest BCUT2D eigenvalue weighted by Gasteiger charge is -2.17. The van der Waals surface area contributed by atoms with Gasteiger partial charge in [-0.05, 0) is 43.3 Å². The van der Waals surface area contributed by atoms with Gasteiger partial charge in [-0.15, -0.1) is 11.3 Å². The summed E-state index contributed by atoms with van der Waals surface area (Å²) in [5.41, 5.74) is 8.88. The number of hydrogen-bond acceptors (Lipinski definition) is 5. The molecule has 1 atom stereocenters. The minimum Gasteiger partial charge on any atom is -0.338 e. The number of thiophene rings is 1. The van der Waals surface area contributed by atoms with Gasteiger partial charge in [0.05, 0.1) is 27.2 Å². The number of fused-ring (bicyclic) bond motifs is 1. The number of nitrogens with zero attached hydrogens (tertiary/aromatic N) is 4. The largest absolute Gasteiger partial charge is 0.338 e. The van der Waals surface area contributed by atoms with Crippen molar-refractivity contribution in [3.8, 4) is 10.6 Å². The highest BCUT2D eigenvalue weighted by atomic mass is 32.1. The van der Waals surface area contributed by atoms with Crippen LogP contribution in [0.5, 0.6) is 0 Å². The van der Waals surface area contributed by atoms with E-state index in [1.165, 1.54) is 0 Å². The molecule has 0 aromatic carbocycles. The smallest absolute Gasteiger partial charge is 0.254 e. The molecule has 7 heteroatoms. The van der Waals surface area contributed by atoms with Crippen LogP contribution in [0.4, 0.5) is 0 Å². The van der Waals surface area contributed by atoms with Crippen LogP contribution in [0.3, 0.4) is 0 Å². The van der Waals surface area contributed by atoms with Crippen molar-refractivity contribution in [2.24, 2.45) is 18.7 Å². The molecule has 0 bridgehead atoms. The van der Waals surface area contributed by atoms with Crippen LogP contribution in [0.25, 0.3) is 21.6 Å². The van der Waals surface area contributed by atoms with E-state index in [0.29, 0.717) is 18.0 Å². The molecule has 3 aromatic rings. The van der Waals surface area contributed by atoms with E-state index in [0.717, 1.165) is 46.8 Å². The van der Waals surface area contributed by atoms with E-state index in [2.05, 4.69) is 5.10 Å². The van der Waals surface area contributed by atoms with E-state index in [-0.39, 0.29) is 5.91 Å². The molecule has 4 heterocycles. The van der Waals surface area contributed by atoms with Crippen molar-refractivity contribution in [1.82, 2.24) is 19.7 Å². The number of amides is 1. The Labute approximate surface area is 150 Å². The van der Waals surface area contributed by atoms with Crippen LogP contribution in [-0.2, 0) is 7.05 Å².